The van der Waals surface area contributed by atoms with Crippen molar-refractivity contribution in [3.8, 4) is 0 Å². The van der Waals surface area contributed by atoms with Crippen molar-refractivity contribution in [3.63, 3.8) is 0 Å². The molecule has 0 aromatic heterocycles. The maximum Gasteiger partial charge on any atom is 0.320 e. The lowest BCUT2D eigenvalue weighted by Crippen LogP contribution is -2.44. The molecule has 0 heterocycles. The third-order valence-corrected chi connectivity index (χ3v) is 4.76. The summed E-state index contributed by atoms with van der Waals surface area (Å²) in [6.07, 6.45) is 4.67. The van der Waals surface area contributed by atoms with Crippen molar-refractivity contribution < 1.29 is 14.7 Å². The van der Waals surface area contributed by atoms with Crippen molar-refractivity contribution in [2.24, 2.45) is 5.92 Å². The second kappa shape index (κ2) is 8.11. The summed E-state index contributed by atoms with van der Waals surface area (Å²) >= 11 is 0. The molecule has 0 aliphatic heterocycles. The summed E-state index contributed by atoms with van der Waals surface area (Å²) in [6.45, 7) is 1.67. The van der Waals surface area contributed by atoms with E-state index in [9.17, 15) is 9.59 Å². The molecule has 1 aromatic carbocycles. The van der Waals surface area contributed by atoms with E-state index in [4.69, 9.17) is 5.11 Å². The first-order valence-corrected chi connectivity index (χ1v) is 8.26. The van der Waals surface area contributed by atoms with E-state index in [1.807, 2.05) is 30.3 Å². The molecule has 5 nitrogen and oxygen atoms in total. The Balaban J connectivity index is 2.03. The molecule has 2 atom stereocenters. The average Bonchev–Trinajstić information content (AvgIpc) is 3.06. The first-order valence-electron chi connectivity index (χ1n) is 8.26. The third kappa shape index (κ3) is 4.79. The number of nitrogens with zero attached hydrogens (tertiary/aromatic N) is 1. The average molecular weight is 318 g/mol. The molecule has 1 aromatic rings. The van der Waals surface area contributed by atoms with Crippen LogP contribution in [0.2, 0.25) is 0 Å². The highest BCUT2D eigenvalue weighted by molar-refractivity contribution is 5.80. The largest absolute Gasteiger partial charge is 0.480 e. The van der Waals surface area contributed by atoms with Gasteiger partial charge in [0.05, 0.1) is 12.6 Å². The number of aliphatic carboxylic acids is 1. The molecule has 1 saturated carbocycles. The van der Waals surface area contributed by atoms with Crippen LogP contribution >= 0.6 is 0 Å². The predicted octanol–water partition coefficient (Wildman–Crippen LogP) is 2.44. The van der Waals surface area contributed by atoms with Gasteiger partial charge in [-0.1, -0.05) is 43.2 Å². The van der Waals surface area contributed by atoms with Crippen molar-refractivity contribution in [3.05, 3.63) is 35.9 Å². The summed E-state index contributed by atoms with van der Waals surface area (Å²) in [5.41, 5.74) is 1.13. The van der Waals surface area contributed by atoms with Gasteiger partial charge in [0, 0.05) is 0 Å². The molecular formula is C18H26N2O3. The Hall–Kier alpha value is -1.88. The highest BCUT2D eigenvalue weighted by atomic mass is 16.4. The van der Waals surface area contributed by atoms with Crippen LogP contribution in [0, 0.1) is 5.92 Å². The summed E-state index contributed by atoms with van der Waals surface area (Å²) < 4.78 is 0. The Kier molecular flexibility index (Phi) is 6.16. The summed E-state index contributed by atoms with van der Waals surface area (Å²) in [6, 6.07) is 9.38. The van der Waals surface area contributed by atoms with Crippen molar-refractivity contribution in [1.82, 2.24) is 10.2 Å². The molecule has 0 saturated heterocycles. The highest BCUT2D eigenvalue weighted by Crippen LogP contribution is 2.35. The zero-order chi connectivity index (χ0) is 16.8. The number of carboxylic acid groups (broad SMARTS) is 1. The highest BCUT2D eigenvalue weighted by Gasteiger charge is 2.28. The second-order valence-corrected chi connectivity index (χ2v) is 6.43. The van der Waals surface area contributed by atoms with Crippen LogP contribution in [0.15, 0.2) is 30.3 Å². The number of hydrogen-bond donors (Lipinski definition) is 2. The van der Waals surface area contributed by atoms with Crippen LogP contribution in [0.25, 0.3) is 0 Å². The molecule has 0 radical (unpaired) electrons. The molecule has 23 heavy (non-hydrogen) atoms. The molecule has 1 aliphatic carbocycles. The van der Waals surface area contributed by atoms with Gasteiger partial charge in [-0.25, -0.2) is 0 Å². The van der Waals surface area contributed by atoms with E-state index >= 15 is 0 Å². The molecule has 2 N–H and O–H groups in total. The fraction of sp³-hybridized carbons (Fsp3) is 0.556. The van der Waals surface area contributed by atoms with E-state index in [0.717, 1.165) is 18.4 Å². The number of rotatable bonds is 7. The van der Waals surface area contributed by atoms with Crippen molar-refractivity contribution >= 4 is 11.9 Å². The zero-order valence-electron chi connectivity index (χ0n) is 13.9. The minimum absolute atomic E-state index is 0.0136. The molecule has 2 unspecified atom stereocenters. The van der Waals surface area contributed by atoms with E-state index in [-0.39, 0.29) is 18.5 Å². The maximum atomic E-state index is 12.4. The minimum atomic E-state index is -0.921. The van der Waals surface area contributed by atoms with Crippen LogP contribution < -0.4 is 5.32 Å². The van der Waals surface area contributed by atoms with Crippen molar-refractivity contribution in [2.75, 3.05) is 13.6 Å². The molecule has 2 rings (SSSR count). The molecule has 1 aliphatic rings. The Morgan fingerprint density at radius 1 is 1.26 bits per heavy atom. The Morgan fingerprint density at radius 3 is 2.43 bits per heavy atom. The maximum absolute atomic E-state index is 12.4. The van der Waals surface area contributed by atoms with Crippen LogP contribution in [-0.4, -0.2) is 41.5 Å². The Labute approximate surface area is 137 Å². The number of hydrogen-bond acceptors (Lipinski definition) is 3. The van der Waals surface area contributed by atoms with Gasteiger partial charge in [-0.05, 0) is 38.3 Å². The van der Waals surface area contributed by atoms with Gasteiger partial charge in [0.15, 0.2) is 0 Å². The van der Waals surface area contributed by atoms with Crippen molar-refractivity contribution in [2.45, 2.75) is 44.7 Å². The van der Waals surface area contributed by atoms with Gasteiger partial charge in [-0.15, -0.1) is 0 Å². The molecule has 126 valence electrons. The minimum Gasteiger partial charge on any atom is -0.480 e. The zero-order valence-corrected chi connectivity index (χ0v) is 13.9. The first-order chi connectivity index (χ1) is 11.0. The summed E-state index contributed by atoms with van der Waals surface area (Å²) in [5.74, 6) is -0.583. The number of carboxylic acids is 1. The molecular weight excluding hydrogens is 292 g/mol. The normalized spacial score (nSPS) is 17.9. The predicted molar refractivity (Wildman–Crippen MR) is 89.0 cm³/mol. The van der Waals surface area contributed by atoms with E-state index in [2.05, 4.69) is 5.32 Å². The summed E-state index contributed by atoms with van der Waals surface area (Å²) in [5, 5.41) is 12.2. The van der Waals surface area contributed by atoms with E-state index < -0.39 is 12.0 Å². The lowest BCUT2D eigenvalue weighted by atomic mass is 9.91. The molecule has 1 fully saturated rings. The van der Waals surface area contributed by atoms with Crippen LogP contribution in [0.4, 0.5) is 0 Å². The summed E-state index contributed by atoms with van der Waals surface area (Å²) in [7, 11) is 1.66. The lowest BCUT2D eigenvalue weighted by Gasteiger charge is -2.27. The van der Waals surface area contributed by atoms with Crippen LogP contribution in [-0.2, 0) is 9.59 Å². The van der Waals surface area contributed by atoms with Gasteiger partial charge in [0.2, 0.25) is 5.91 Å². The number of amides is 1. The smallest absolute Gasteiger partial charge is 0.320 e. The fourth-order valence-electron chi connectivity index (χ4n) is 3.20. The van der Waals surface area contributed by atoms with Gasteiger partial charge in [0.1, 0.15) is 6.04 Å². The van der Waals surface area contributed by atoms with E-state index in [1.165, 1.54) is 12.8 Å². The molecule has 0 spiro atoms. The standard InChI is InChI=1S/C18H26N2O3/c1-13(18(22)23)20(2)12-16(21)19-17(15-10-6-7-11-15)14-8-4-3-5-9-14/h3-5,8-9,13,15,17H,6-7,10-12H2,1-2H3,(H,19,21)(H,22,23). The first kappa shape index (κ1) is 17.5. The topological polar surface area (TPSA) is 69.6 Å². The SMILES string of the molecule is CC(C(=O)O)N(C)CC(=O)NC(c1ccccc1)C1CCCC1. The van der Waals surface area contributed by atoms with Crippen LogP contribution in [0.1, 0.15) is 44.2 Å². The fourth-order valence-corrected chi connectivity index (χ4v) is 3.20. The number of benzene rings is 1. The van der Waals surface area contributed by atoms with Crippen LogP contribution in [0.3, 0.4) is 0 Å². The quantitative estimate of drug-likeness (QED) is 0.810. The lowest BCUT2D eigenvalue weighted by molar-refractivity contribution is -0.142. The Morgan fingerprint density at radius 2 is 1.87 bits per heavy atom. The third-order valence-electron chi connectivity index (χ3n) is 4.76. The molecule has 5 heteroatoms. The van der Waals surface area contributed by atoms with Crippen molar-refractivity contribution in [1.29, 1.82) is 0 Å². The number of carbonyl (C=O) groups excluding carboxylic acids is 1. The van der Waals surface area contributed by atoms with Crippen LogP contribution in [0.5, 0.6) is 0 Å². The van der Waals surface area contributed by atoms with Gasteiger partial charge in [0.25, 0.3) is 0 Å². The van der Waals surface area contributed by atoms with E-state index in [0.29, 0.717) is 5.92 Å². The number of nitrogens with one attached hydrogen (secondary N) is 1. The number of carbonyl (C=O) groups is 2. The monoisotopic (exact) mass is 318 g/mol. The number of likely N-dealkylation sites (N-methyl/N-ethyl adjacent to an activating group) is 1. The Bertz CT molecular complexity index is 526. The second-order valence-electron chi connectivity index (χ2n) is 6.43. The van der Waals surface area contributed by atoms with Gasteiger partial charge in [-0.2, -0.15) is 0 Å². The van der Waals surface area contributed by atoms with Gasteiger partial charge < -0.3 is 10.4 Å². The molecule has 1 amide bonds. The van der Waals surface area contributed by atoms with Gasteiger partial charge >= 0.3 is 5.97 Å². The molecule has 0 bridgehead atoms. The van der Waals surface area contributed by atoms with Gasteiger partial charge in [-0.3, -0.25) is 14.5 Å². The van der Waals surface area contributed by atoms with E-state index in [1.54, 1.807) is 18.9 Å². The summed E-state index contributed by atoms with van der Waals surface area (Å²) in [4.78, 5) is 24.9.